The number of para-hydroxylation sites is 4. The van der Waals surface area contributed by atoms with E-state index in [0.717, 1.165) is 39.3 Å². The van der Waals surface area contributed by atoms with E-state index in [2.05, 4.69) is 226 Å². The van der Waals surface area contributed by atoms with Crippen LogP contribution in [0.3, 0.4) is 0 Å². The minimum absolute atomic E-state index is 0.0425. The van der Waals surface area contributed by atoms with Crippen molar-refractivity contribution >= 4 is 90.0 Å². The van der Waals surface area contributed by atoms with Crippen LogP contribution in [0.4, 0.5) is 28.4 Å². The van der Waals surface area contributed by atoms with Crippen LogP contribution in [0.25, 0.3) is 60.6 Å². The number of benzene rings is 8. The fourth-order valence-corrected chi connectivity index (χ4v) is 10.3. The fraction of sp³-hybridized carbons (Fsp3) is 0.143. The van der Waals surface area contributed by atoms with Crippen LogP contribution in [-0.2, 0) is 10.8 Å². The summed E-state index contributed by atoms with van der Waals surface area (Å²) < 4.78 is 9.60. The molecule has 0 spiro atoms. The highest BCUT2D eigenvalue weighted by molar-refractivity contribution is 6.94. The second kappa shape index (κ2) is 12.8. The van der Waals surface area contributed by atoms with E-state index in [9.17, 15) is 0 Å². The maximum Gasteiger partial charge on any atom is 0.333 e. The quantitative estimate of drug-likeness (QED) is 0.166. The van der Waals surface area contributed by atoms with Gasteiger partial charge in [0.15, 0.2) is 0 Å². The Hall–Kier alpha value is -6.98. The Labute approximate surface area is 357 Å². The van der Waals surface area contributed by atoms with Crippen LogP contribution in [0.1, 0.15) is 52.7 Å². The third kappa shape index (κ3) is 5.19. The summed E-state index contributed by atoms with van der Waals surface area (Å²) in [5, 5.41) is 4.69. The lowest BCUT2D eigenvalue weighted by Crippen LogP contribution is -2.60. The summed E-state index contributed by atoms with van der Waals surface area (Å²) in [6, 6.07) is 62.9. The third-order valence-electron chi connectivity index (χ3n) is 13.3. The molecule has 8 aromatic carbocycles. The van der Waals surface area contributed by atoms with E-state index in [0.29, 0.717) is 0 Å². The van der Waals surface area contributed by atoms with E-state index in [-0.39, 0.29) is 17.7 Å². The maximum absolute atomic E-state index is 7.08. The number of nitrogens with zero attached hydrogens (tertiary/aromatic N) is 3. The topological polar surface area (TPSA) is 24.6 Å². The molecule has 294 valence electrons. The van der Waals surface area contributed by atoms with Gasteiger partial charge < -0.3 is 18.7 Å². The lowest BCUT2D eigenvalue weighted by molar-refractivity contribution is 0.590. The Morgan fingerprint density at radius 2 is 1.11 bits per heavy atom. The van der Waals surface area contributed by atoms with Crippen LogP contribution in [0.2, 0.25) is 0 Å². The minimum Gasteiger partial charge on any atom is -0.455 e. The van der Waals surface area contributed by atoms with Gasteiger partial charge in [-0.2, -0.15) is 0 Å². The van der Waals surface area contributed by atoms with Crippen LogP contribution >= 0.6 is 0 Å². The first-order chi connectivity index (χ1) is 29.6. The summed E-state index contributed by atoms with van der Waals surface area (Å²) in [4.78, 5) is 5.02. The van der Waals surface area contributed by atoms with Gasteiger partial charge in [-0.1, -0.05) is 139 Å². The fourth-order valence-electron chi connectivity index (χ4n) is 10.3. The Kier molecular flexibility index (Phi) is 7.52. The molecule has 5 heteroatoms. The van der Waals surface area contributed by atoms with Crippen LogP contribution in [0, 0.1) is 0 Å². The van der Waals surface area contributed by atoms with Gasteiger partial charge in [-0.05, 0) is 111 Å². The number of furan rings is 1. The molecule has 61 heavy (non-hydrogen) atoms. The van der Waals surface area contributed by atoms with Crippen molar-refractivity contribution in [1.82, 2.24) is 4.57 Å². The first kappa shape index (κ1) is 35.9. The predicted octanol–water partition coefficient (Wildman–Crippen LogP) is 14.0. The molecule has 0 amide bonds. The number of aromatic nitrogens is 1. The summed E-state index contributed by atoms with van der Waals surface area (Å²) in [5.41, 5.74) is 18.9. The first-order valence-electron chi connectivity index (χ1n) is 21.6. The molecule has 0 saturated carbocycles. The lowest BCUT2D eigenvalue weighted by Gasteiger charge is -2.42. The molecule has 0 radical (unpaired) electrons. The van der Waals surface area contributed by atoms with Gasteiger partial charge in [-0.3, -0.25) is 0 Å². The maximum atomic E-state index is 7.08. The van der Waals surface area contributed by atoms with Gasteiger partial charge in [0.2, 0.25) is 0 Å². The summed E-state index contributed by atoms with van der Waals surface area (Å²) in [6.45, 7) is 13.6. The van der Waals surface area contributed by atoms with Gasteiger partial charge in [-0.15, -0.1) is 0 Å². The summed E-state index contributed by atoms with van der Waals surface area (Å²) in [6.07, 6.45) is 0. The van der Waals surface area contributed by atoms with Crippen molar-refractivity contribution in [3.05, 3.63) is 181 Å². The zero-order chi connectivity index (χ0) is 41.4. The van der Waals surface area contributed by atoms with Crippen LogP contribution in [0.5, 0.6) is 0 Å². The Balaban J connectivity index is 1.22. The van der Waals surface area contributed by atoms with Gasteiger partial charge in [0, 0.05) is 55.8 Å². The van der Waals surface area contributed by atoms with Gasteiger partial charge in [-0.25, -0.2) is 0 Å². The molecule has 0 fully saturated rings. The predicted molar refractivity (Wildman–Crippen MR) is 259 cm³/mol. The molecule has 0 unspecified atom stereocenters. The molecule has 0 N–H and O–H groups in total. The second-order valence-electron chi connectivity index (χ2n) is 19.0. The number of rotatable bonds is 4. The minimum atomic E-state index is -0.0877. The van der Waals surface area contributed by atoms with Crippen LogP contribution in [0.15, 0.2) is 174 Å². The highest BCUT2D eigenvalue weighted by atomic mass is 16.3. The average Bonchev–Trinajstić information content (AvgIpc) is 3.83. The first-order valence-corrected chi connectivity index (χ1v) is 21.6. The van der Waals surface area contributed by atoms with Crippen molar-refractivity contribution in [2.75, 3.05) is 9.71 Å². The third-order valence-corrected chi connectivity index (χ3v) is 13.3. The molecule has 12 rings (SSSR count). The van der Waals surface area contributed by atoms with Crippen molar-refractivity contribution in [2.24, 2.45) is 0 Å². The van der Waals surface area contributed by atoms with Crippen molar-refractivity contribution in [3.8, 4) is 16.8 Å². The van der Waals surface area contributed by atoms with Crippen molar-refractivity contribution in [1.29, 1.82) is 0 Å². The molecule has 2 aliphatic heterocycles. The van der Waals surface area contributed by atoms with E-state index < -0.39 is 0 Å². The Morgan fingerprint density at radius 1 is 0.525 bits per heavy atom. The molecule has 2 aliphatic rings. The molecule has 0 bridgehead atoms. The van der Waals surface area contributed by atoms with Gasteiger partial charge >= 0.3 is 6.85 Å². The Morgan fingerprint density at radius 3 is 1.80 bits per heavy atom. The molecule has 4 nitrogen and oxygen atoms in total. The van der Waals surface area contributed by atoms with E-state index in [1.807, 2.05) is 0 Å². The van der Waals surface area contributed by atoms with Crippen molar-refractivity contribution < 1.29 is 4.42 Å². The van der Waals surface area contributed by atoms with E-state index in [1.165, 1.54) is 71.7 Å². The summed E-state index contributed by atoms with van der Waals surface area (Å²) in [5.74, 6) is 0. The number of anilines is 5. The molecule has 0 aliphatic carbocycles. The molecule has 0 atom stereocenters. The summed E-state index contributed by atoms with van der Waals surface area (Å²) in [7, 11) is 0. The van der Waals surface area contributed by atoms with E-state index >= 15 is 0 Å². The van der Waals surface area contributed by atoms with E-state index in [1.54, 1.807) is 0 Å². The molecule has 2 aromatic heterocycles. The standard InChI is InChI=1S/C56H46BN3O/c1-55(2,3)35-24-28-37(29-25-35)58(38-30-26-36(27-31-38)56(4,5)6)40-32-33-46-43(34-40)49-50-42-19-11-15-23-48(42)61-54(50)51-41-18-10-13-21-45(41)59-47-22-14-12-20-44(47)57(52(49)53(51)59)60(46)39-16-8-7-9-17-39/h7-34H,1-6H3. The van der Waals surface area contributed by atoms with Gasteiger partial charge in [0.1, 0.15) is 11.2 Å². The lowest BCUT2D eigenvalue weighted by atomic mass is 9.43. The zero-order valence-corrected chi connectivity index (χ0v) is 35.5. The molecular formula is C56H46BN3O. The van der Waals surface area contributed by atoms with Crippen LogP contribution in [-0.4, -0.2) is 11.4 Å². The number of hydrogen-bond donors (Lipinski definition) is 0. The summed E-state index contributed by atoms with van der Waals surface area (Å²) >= 11 is 0. The molecule has 10 aromatic rings. The normalized spacial score (nSPS) is 13.3. The monoisotopic (exact) mass is 787 g/mol. The highest BCUT2D eigenvalue weighted by Gasteiger charge is 2.45. The molecular weight excluding hydrogens is 741 g/mol. The SMILES string of the molecule is CC(C)(C)c1ccc(N(c2ccc(C(C)(C)C)cc2)c2ccc3c(c2)-c2c4c5c(c6ccccc6n5-c5ccccc5B4N3c3ccccc3)c3oc4ccccc4c23)cc1. The van der Waals surface area contributed by atoms with Gasteiger partial charge in [0.05, 0.1) is 16.4 Å². The highest BCUT2D eigenvalue weighted by Crippen LogP contribution is 2.52. The molecule has 0 saturated heterocycles. The van der Waals surface area contributed by atoms with Crippen molar-refractivity contribution in [2.45, 2.75) is 52.4 Å². The van der Waals surface area contributed by atoms with Gasteiger partial charge in [0.25, 0.3) is 0 Å². The van der Waals surface area contributed by atoms with Crippen LogP contribution < -0.4 is 20.6 Å². The largest absolute Gasteiger partial charge is 0.455 e. The van der Waals surface area contributed by atoms with Crippen molar-refractivity contribution in [3.63, 3.8) is 0 Å². The average molecular weight is 788 g/mol. The Bertz CT molecular complexity index is 3320. The molecule has 4 heterocycles. The smallest absolute Gasteiger partial charge is 0.333 e. The number of fused-ring (bicyclic) bond motifs is 13. The number of hydrogen-bond acceptors (Lipinski definition) is 3. The second-order valence-corrected chi connectivity index (χ2v) is 19.0. The van der Waals surface area contributed by atoms with E-state index in [4.69, 9.17) is 4.42 Å². The zero-order valence-electron chi connectivity index (χ0n) is 35.5.